The van der Waals surface area contributed by atoms with Gasteiger partial charge in [-0.25, -0.2) is 4.79 Å². The summed E-state index contributed by atoms with van der Waals surface area (Å²) in [6, 6.07) is 4.99. The number of benzene rings is 1. The van der Waals surface area contributed by atoms with E-state index in [1.807, 2.05) is 0 Å². The van der Waals surface area contributed by atoms with E-state index in [0.29, 0.717) is 18.7 Å². The minimum Gasteiger partial charge on any atom is -0.478 e. The Kier molecular flexibility index (Phi) is 3.72. The van der Waals surface area contributed by atoms with Crippen LogP contribution in [0, 0.1) is 3.57 Å². The Morgan fingerprint density at radius 1 is 1.53 bits per heavy atom. The van der Waals surface area contributed by atoms with Gasteiger partial charge in [-0.3, -0.25) is 4.79 Å². The summed E-state index contributed by atoms with van der Waals surface area (Å²) in [7, 11) is 0. The zero-order chi connectivity index (χ0) is 12.6. The lowest BCUT2D eigenvalue weighted by Crippen LogP contribution is -2.26. The van der Waals surface area contributed by atoms with E-state index in [0.717, 1.165) is 3.57 Å². The molecule has 1 aromatic rings. The maximum absolute atomic E-state index is 11.8. The van der Waals surface area contributed by atoms with E-state index in [2.05, 4.69) is 38.5 Å². The molecule has 0 radical (unpaired) electrons. The van der Waals surface area contributed by atoms with Crippen LogP contribution in [-0.2, 0) is 4.79 Å². The number of aromatic carboxylic acids is 1. The van der Waals surface area contributed by atoms with Crippen molar-refractivity contribution in [3.8, 4) is 0 Å². The van der Waals surface area contributed by atoms with E-state index in [9.17, 15) is 9.59 Å². The molecule has 0 aliphatic carbocycles. The van der Waals surface area contributed by atoms with Gasteiger partial charge in [0.05, 0.1) is 11.3 Å². The molecule has 1 heterocycles. The van der Waals surface area contributed by atoms with Crippen LogP contribution in [0.3, 0.4) is 0 Å². The molecule has 6 heteroatoms. The summed E-state index contributed by atoms with van der Waals surface area (Å²) in [6.45, 7) is 0.513. The van der Waals surface area contributed by atoms with Gasteiger partial charge >= 0.3 is 5.97 Å². The predicted octanol–water partition coefficient (Wildman–Crippen LogP) is 2.49. The topological polar surface area (TPSA) is 57.6 Å². The fourth-order valence-electron chi connectivity index (χ4n) is 1.81. The van der Waals surface area contributed by atoms with Gasteiger partial charge in [-0.05, 0) is 40.8 Å². The lowest BCUT2D eigenvalue weighted by Gasteiger charge is -2.18. The molecule has 0 aromatic heterocycles. The predicted molar refractivity (Wildman–Crippen MR) is 75.8 cm³/mol. The number of hydrogen-bond acceptors (Lipinski definition) is 2. The Morgan fingerprint density at radius 3 is 2.76 bits per heavy atom. The molecule has 1 unspecified atom stereocenters. The van der Waals surface area contributed by atoms with Crippen molar-refractivity contribution < 1.29 is 14.7 Å². The standard InChI is InChI=1S/C11H9BrINO3/c12-6-3-10(15)14(5-6)9-4-7(13)1-2-8(9)11(16)17/h1-2,4,6H,3,5H2,(H,16,17). The lowest BCUT2D eigenvalue weighted by atomic mass is 10.1. The van der Waals surface area contributed by atoms with Crippen molar-refractivity contribution in [2.75, 3.05) is 11.4 Å². The number of carboxylic acid groups (broad SMARTS) is 1. The molecule has 17 heavy (non-hydrogen) atoms. The van der Waals surface area contributed by atoms with Gasteiger partial charge in [0, 0.05) is 21.4 Å². The second-order valence-electron chi connectivity index (χ2n) is 3.77. The molecule has 0 bridgehead atoms. The molecule has 90 valence electrons. The van der Waals surface area contributed by atoms with Gasteiger partial charge < -0.3 is 10.0 Å². The number of halogens is 2. The van der Waals surface area contributed by atoms with Crippen molar-refractivity contribution >= 4 is 56.1 Å². The second kappa shape index (κ2) is 4.93. The smallest absolute Gasteiger partial charge is 0.337 e. The summed E-state index contributed by atoms with van der Waals surface area (Å²) in [5.74, 6) is -1.06. The lowest BCUT2D eigenvalue weighted by molar-refractivity contribution is -0.117. The summed E-state index contributed by atoms with van der Waals surface area (Å²) in [5.41, 5.74) is 0.650. The minimum atomic E-state index is -1.01. The Balaban J connectivity index is 2.46. The molecule has 1 N–H and O–H groups in total. The number of amides is 1. The van der Waals surface area contributed by atoms with Gasteiger partial charge in [-0.2, -0.15) is 0 Å². The van der Waals surface area contributed by atoms with E-state index in [1.54, 1.807) is 12.1 Å². The monoisotopic (exact) mass is 409 g/mol. The van der Waals surface area contributed by atoms with Gasteiger partial charge in [0.25, 0.3) is 0 Å². The average Bonchev–Trinajstić information content (AvgIpc) is 2.57. The number of anilines is 1. The number of carbonyl (C=O) groups excluding carboxylic acids is 1. The zero-order valence-electron chi connectivity index (χ0n) is 8.69. The third-order valence-electron chi connectivity index (χ3n) is 2.56. The third kappa shape index (κ3) is 2.62. The van der Waals surface area contributed by atoms with Crippen molar-refractivity contribution in [1.29, 1.82) is 0 Å². The third-order valence-corrected chi connectivity index (χ3v) is 3.84. The summed E-state index contributed by atoms with van der Waals surface area (Å²) in [5, 5.41) is 9.12. The maximum atomic E-state index is 11.8. The number of rotatable bonds is 2. The number of alkyl halides is 1. The molecule has 0 saturated carbocycles. The molecule has 1 saturated heterocycles. The van der Waals surface area contributed by atoms with Gasteiger partial charge in [0.15, 0.2) is 0 Å². The van der Waals surface area contributed by atoms with E-state index in [4.69, 9.17) is 5.11 Å². The first-order valence-corrected chi connectivity index (χ1v) is 6.96. The van der Waals surface area contributed by atoms with Crippen LogP contribution in [0.2, 0.25) is 0 Å². The zero-order valence-corrected chi connectivity index (χ0v) is 12.4. The summed E-state index contributed by atoms with van der Waals surface area (Å²) in [6.07, 6.45) is 0.407. The number of nitrogens with zero attached hydrogens (tertiary/aromatic N) is 1. The Bertz CT molecular complexity index is 492. The van der Waals surface area contributed by atoms with E-state index in [-0.39, 0.29) is 16.3 Å². The van der Waals surface area contributed by atoms with Gasteiger partial charge in [0.1, 0.15) is 0 Å². The quantitative estimate of drug-likeness (QED) is 0.603. The van der Waals surface area contributed by atoms with Crippen molar-refractivity contribution in [2.45, 2.75) is 11.2 Å². The molecule has 1 aliphatic heterocycles. The Labute approximate surface area is 120 Å². The largest absolute Gasteiger partial charge is 0.478 e. The highest BCUT2D eigenvalue weighted by molar-refractivity contribution is 14.1. The first kappa shape index (κ1) is 12.8. The minimum absolute atomic E-state index is 0.0450. The molecule has 1 aliphatic rings. The highest BCUT2D eigenvalue weighted by Gasteiger charge is 2.31. The summed E-state index contributed by atoms with van der Waals surface area (Å²) < 4.78 is 0.911. The number of carbonyl (C=O) groups is 2. The van der Waals surface area contributed by atoms with Crippen LogP contribution in [0.25, 0.3) is 0 Å². The fourth-order valence-corrected chi connectivity index (χ4v) is 2.85. The molecular formula is C11H9BrINO3. The van der Waals surface area contributed by atoms with Crippen LogP contribution >= 0.6 is 38.5 Å². The fraction of sp³-hybridized carbons (Fsp3) is 0.273. The van der Waals surface area contributed by atoms with Crippen LogP contribution in [0.4, 0.5) is 5.69 Å². The first-order chi connectivity index (χ1) is 7.99. The van der Waals surface area contributed by atoms with Crippen LogP contribution < -0.4 is 4.90 Å². The Hall–Kier alpha value is -0.630. The number of hydrogen-bond donors (Lipinski definition) is 1. The second-order valence-corrected chi connectivity index (χ2v) is 6.31. The summed E-state index contributed by atoms with van der Waals surface area (Å²) in [4.78, 5) is 24.5. The molecule has 1 aromatic carbocycles. The van der Waals surface area contributed by atoms with E-state index in [1.165, 1.54) is 11.0 Å². The van der Waals surface area contributed by atoms with Crippen molar-refractivity contribution in [2.24, 2.45) is 0 Å². The van der Waals surface area contributed by atoms with Crippen molar-refractivity contribution in [3.63, 3.8) is 0 Å². The Morgan fingerprint density at radius 2 is 2.24 bits per heavy atom. The molecule has 4 nitrogen and oxygen atoms in total. The summed E-state index contributed by atoms with van der Waals surface area (Å²) >= 11 is 5.49. The highest BCUT2D eigenvalue weighted by atomic mass is 127. The highest BCUT2D eigenvalue weighted by Crippen LogP contribution is 2.29. The molecule has 1 atom stereocenters. The van der Waals surface area contributed by atoms with E-state index < -0.39 is 5.97 Å². The van der Waals surface area contributed by atoms with Crippen molar-refractivity contribution in [1.82, 2.24) is 0 Å². The van der Waals surface area contributed by atoms with Crippen LogP contribution in [0.5, 0.6) is 0 Å². The van der Waals surface area contributed by atoms with Crippen molar-refractivity contribution in [3.05, 3.63) is 27.3 Å². The molecule has 1 fully saturated rings. The average molecular weight is 410 g/mol. The number of carboxylic acids is 1. The van der Waals surface area contributed by atoms with Crippen LogP contribution in [0.1, 0.15) is 16.8 Å². The van der Waals surface area contributed by atoms with Gasteiger partial charge in [0.2, 0.25) is 5.91 Å². The molecule has 0 spiro atoms. The van der Waals surface area contributed by atoms with E-state index >= 15 is 0 Å². The van der Waals surface area contributed by atoms with Crippen LogP contribution in [0.15, 0.2) is 18.2 Å². The molecular weight excluding hydrogens is 401 g/mol. The SMILES string of the molecule is O=C(O)c1ccc(I)cc1N1CC(Br)CC1=O. The molecule has 1 amide bonds. The first-order valence-electron chi connectivity index (χ1n) is 4.96. The maximum Gasteiger partial charge on any atom is 0.337 e. The normalized spacial score (nSPS) is 19.8. The molecule has 2 rings (SSSR count). The van der Waals surface area contributed by atoms with Gasteiger partial charge in [-0.15, -0.1) is 0 Å². The van der Waals surface area contributed by atoms with Crippen LogP contribution in [-0.4, -0.2) is 28.4 Å². The van der Waals surface area contributed by atoms with Gasteiger partial charge in [-0.1, -0.05) is 15.9 Å².